The van der Waals surface area contributed by atoms with Crippen molar-refractivity contribution in [2.24, 2.45) is 0 Å². The lowest BCUT2D eigenvalue weighted by Gasteiger charge is -2.19. The second kappa shape index (κ2) is 9.49. The van der Waals surface area contributed by atoms with Crippen molar-refractivity contribution in [3.8, 4) is 22.8 Å². The fourth-order valence-electron chi connectivity index (χ4n) is 3.93. The lowest BCUT2D eigenvalue weighted by Crippen LogP contribution is -2.29. The second-order valence-electron chi connectivity index (χ2n) is 7.94. The molecule has 0 unspecified atom stereocenters. The van der Waals surface area contributed by atoms with Gasteiger partial charge in [0.15, 0.2) is 5.75 Å². The molecule has 8 nitrogen and oxygen atoms in total. The first-order valence-electron chi connectivity index (χ1n) is 10.7. The highest BCUT2D eigenvalue weighted by Crippen LogP contribution is 2.31. The number of methoxy groups -OCH3 is 1. The normalized spacial score (nSPS) is 12.6. The molecule has 1 N–H and O–H groups in total. The zero-order chi connectivity index (χ0) is 25.3. The molecule has 0 spiro atoms. The molecule has 0 aliphatic carbocycles. The summed E-state index contributed by atoms with van der Waals surface area (Å²) in [6.07, 6.45) is 1.07. The number of hydrogen-bond acceptors (Lipinski definition) is 6. The average molecular weight is 504 g/mol. The van der Waals surface area contributed by atoms with Gasteiger partial charge in [-0.05, 0) is 48.9 Å². The van der Waals surface area contributed by atoms with Crippen LogP contribution in [0, 0.1) is 11.6 Å². The van der Waals surface area contributed by atoms with Crippen LogP contribution in [0.2, 0.25) is 0 Å². The van der Waals surface area contributed by atoms with Crippen molar-refractivity contribution in [3.63, 3.8) is 0 Å². The number of hydrogen-bond donors (Lipinski definition) is 1. The molecular formula is C24H23F2N3O5S. The molecule has 184 valence electrons. The van der Waals surface area contributed by atoms with Gasteiger partial charge in [0.1, 0.15) is 21.5 Å². The van der Waals surface area contributed by atoms with Gasteiger partial charge in [-0.1, -0.05) is 6.07 Å². The van der Waals surface area contributed by atoms with Crippen LogP contribution in [0.25, 0.3) is 22.2 Å². The van der Waals surface area contributed by atoms with Gasteiger partial charge < -0.3 is 14.5 Å². The Bertz CT molecular complexity index is 1560. The van der Waals surface area contributed by atoms with Crippen LogP contribution in [0.3, 0.4) is 0 Å². The van der Waals surface area contributed by atoms with E-state index in [9.17, 15) is 22.0 Å². The van der Waals surface area contributed by atoms with E-state index in [-0.39, 0.29) is 17.1 Å². The standard InChI is InChI=1S/C24H23F2N3O5S/c1-4-34-23-22(33-2)10-8-18(27-23)21(13-35(3,31)32)29-20-9-5-14(11-19(20)28-24(29)30)16-7-6-15(25)12-17(16)26/h5-12,21H,4,13H2,1-3H3,(H,28,30)/t21-/m1/s1. The summed E-state index contributed by atoms with van der Waals surface area (Å²) in [4.78, 5) is 20.2. The number of aromatic nitrogens is 3. The predicted molar refractivity (Wildman–Crippen MR) is 128 cm³/mol. The van der Waals surface area contributed by atoms with E-state index in [0.29, 0.717) is 29.0 Å². The first-order valence-corrected chi connectivity index (χ1v) is 12.7. The molecule has 4 aromatic rings. The Balaban J connectivity index is 1.88. The van der Waals surface area contributed by atoms with Crippen LogP contribution in [-0.2, 0) is 9.84 Å². The lowest BCUT2D eigenvalue weighted by atomic mass is 10.0. The number of nitrogens with one attached hydrogen (secondary N) is 1. The van der Waals surface area contributed by atoms with E-state index >= 15 is 0 Å². The number of benzene rings is 2. The quantitative estimate of drug-likeness (QED) is 0.393. The Labute approximate surface area is 200 Å². The van der Waals surface area contributed by atoms with Crippen LogP contribution >= 0.6 is 0 Å². The average Bonchev–Trinajstić information content (AvgIpc) is 3.11. The molecule has 0 aliphatic heterocycles. The molecule has 0 radical (unpaired) electrons. The van der Waals surface area contributed by atoms with Crippen molar-refractivity contribution in [1.29, 1.82) is 0 Å². The highest BCUT2D eigenvalue weighted by molar-refractivity contribution is 7.90. The fraction of sp³-hybridized carbons (Fsp3) is 0.250. The van der Waals surface area contributed by atoms with Crippen molar-refractivity contribution < 1.29 is 26.7 Å². The highest BCUT2D eigenvalue weighted by Gasteiger charge is 2.26. The van der Waals surface area contributed by atoms with E-state index < -0.39 is 39.0 Å². The third-order valence-corrected chi connectivity index (χ3v) is 6.34. The topological polar surface area (TPSA) is 103 Å². The van der Waals surface area contributed by atoms with Gasteiger partial charge >= 0.3 is 5.69 Å². The third kappa shape index (κ3) is 5.04. The molecule has 2 aromatic heterocycles. The highest BCUT2D eigenvalue weighted by atomic mass is 32.2. The van der Waals surface area contributed by atoms with E-state index in [4.69, 9.17) is 9.47 Å². The van der Waals surface area contributed by atoms with Crippen molar-refractivity contribution in [3.05, 3.63) is 76.3 Å². The van der Waals surface area contributed by atoms with Crippen molar-refractivity contribution in [1.82, 2.24) is 14.5 Å². The zero-order valence-electron chi connectivity index (χ0n) is 19.2. The summed E-state index contributed by atoms with van der Waals surface area (Å²) in [5.74, 6) is -1.31. The van der Waals surface area contributed by atoms with Crippen molar-refractivity contribution in [2.45, 2.75) is 13.0 Å². The van der Waals surface area contributed by atoms with Gasteiger partial charge in [-0.3, -0.25) is 4.57 Å². The van der Waals surface area contributed by atoms with Crippen LogP contribution in [0.4, 0.5) is 8.78 Å². The van der Waals surface area contributed by atoms with Gasteiger partial charge in [-0.25, -0.2) is 27.0 Å². The lowest BCUT2D eigenvalue weighted by molar-refractivity contribution is 0.296. The van der Waals surface area contributed by atoms with Crippen molar-refractivity contribution >= 4 is 20.9 Å². The van der Waals surface area contributed by atoms with E-state index in [1.165, 1.54) is 17.7 Å². The number of aromatic amines is 1. The monoisotopic (exact) mass is 503 g/mol. The Hall–Kier alpha value is -3.73. The summed E-state index contributed by atoms with van der Waals surface area (Å²) in [5, 5.41) is 0. The molecule has 0 saturated heterocycles. The zero-order valence-corrected chi connectivity index (χ0v) is 20.0. The number of fused-ring (bicyclic) bond motifs is 1. The van der Waals surface area contributed by atoms with Gasteiger partial charge in [0.05, 0.1) is 42.2 Å². The summed E-state index contributed by atoms with van der Waals surface area (Å²) in [7, 11) is -2.10. The molecule has 0 aliphatic rings. The minimum atomic E-state index is -3.56. The minimum Gasteiger partial charge on any atom is -0.491 e. The molecule has 0 bridgehead atoms. The first-order chi connectivity index (χ1) is 16.6. The maximum atomic E-state index is 14.3. The second-order valence-corrected chi connectivity index (χ2v) is 10.1. The van der Waals surface area contributed by atoms with Crippen LogP contribution in [-0.4, -0.2) is 48.7 Å². The summed E-state index contributed by atoms with van der Waals surface area (Å²) in [5.41, 5.74) is 1.05. The summed E-state index contributed by atoms with van der Waals surface area (Å²) >= 11 is 0. The van der Waals surface area contributed by atoms with Crippen LogP contribution < -0.4 is 15.2 Å². The van der Waals surface area contributed by atoms with E-state index in [2.05, 4.69) is 9.97 Å². The van der Waals surface area contributed by atoms with Crippen LogP contribution in [0.1, 0.15) is 18.7 Å². The Morgan fingerprint density at radius 2 is 1.89 bits per heavy atom. The Morgan fingerprint density at radius 1 is 1.11 bits per heavy atom. The van der Waals surface area contributed by atoms with E-state index in [0.717, 1.165) is 18.4 Å². The number of H-pyrrole nitrogens is 1. The maximum Gasteiger partial charge on any atom is 0.327 e. The summed E-state index contributed by atoms with van der Waals surface area (Å²) < 4.78 is 64.3. The molecule has 2 aromatic carbocycles. The van der Waals surface area contributed by atoms with Gasteiger partial charge in [0, 0.05) is 17.9 Å². The number of sulfone groups is 1. The van der Waals surface area contributed by atoms with Crippen LogP contribution in [0.5, 0.6) is 11.6 Å². The molecular weight excluding hydrogens is 480 g/mol. The fourth-order valence-corrected chi connectivity index (χ4v) is 4.83. The molecule has 2 heterocycles. The van der Waals surface area contributed by atoms with Crippen molar-refractivity contribution in [2.75, 3.05) is 25.7 Å². The third-order valence-electron chi connectivity index (χ3n) is 5.42. The largest absolute Gasteiger partial charge is 0.491 e. The molecule has 11 heteroatoms. The SMILES string of the molecule is CCOc1nc([C@@H](CS(C)(=O)=O)n2c(=O)[nH]c3cc(-c4ccc(F)cc4F)ccc32)ccc1OC. The van der Waals surface area contributed by atoms with Gasteiger partial charge in [-0.15, -0.1) is 0 Å². The summed E-state index contributed by atoms with van der Waals surface area (Å²) in [6.45, 7) is 2.08. The Morgan fingerprint density at radius 3 is 2.54 bits per heavy atom. The molecule has 4 rings (SSSR count). The number of imidazole rings is 1. The molecule has 0 saturated carbocycles. The van der Waals surface area contributed by atoms with E-state index in [1.54, 1.807) is 37.3 Å². The molecule has 0 amide bonds. The minimum absolute atomic E-state index is 0.160. The summed E-state index contributed by atoms with van der Waals surface area (Å²) in [6, 6.07) is 10.1. The molecule has 35 heavy (non-hydrogen) atoms. The predicted octanol–water partition coefficient (Wildman–Crippen LogP) is 3.71. The van der Waals surface area contributed by atoms with Gasteiger partial charge in [-0.2, -0.15) is 0 Å². The first kappa shape index (κ1) is 24.4. The number of pyridine rings is 1. The molecule has 0 fully saturated rings. The maximum absolute atomic E-state index is 14.3. The Kier molecular flexibility index (Phi) is 6.62. The number of nitrogens with zero attached hydrogens (tertiary/aromatic N) is 2. The van der Waals surface area contributed by atoms with Crippen LogP contribution in [0.15, 0.2) is 53.3 Å². The number of ether oxygens (including phenoxy) is 2. The number of rotatable bonds is 8. The number of halogens is 2. The van der Waals surface area contributed by atoms with Gasteiger partial charge in [0.25, 0.3) is 5.88 Å². The van der Waals surface area contributed by atoms with E-state index in [1.807, 2.05) is 0 Å². The molecule has 1 atom stereocenters. The van der Waals surface area contributed by atoms with Gasteiger partial charge in [0.2, 0.25) is 0 Å². The smallest absolute Gasteiger partial charge is 0.327 e.